The molecule has 3 aromatic carbocycles. The molecule has 7 nitrogen and oxygen atoms in total. The number of fused-ring (bicyclic) bond motifs is 5. The van der Waals surface area contributed by atoms with Crippen LogP contribution in [-0.2, 0) is 30.4 Å². The summed E-state index contributed by atoms with van der Waals surface area (Å²) in [6, 6.07) is 23.3. The molecule has 2 saturated heterocycles. The summed E-state index contributed by atoms with van der Waals surface area (Å²) in [4.78, 5) is 28.7. The van der Waals surface area contributed by atoms with Crippen LogP contribution in [0.1, 0.15) is 17.5 Å². The second-order valence-electron chi connectivity index (χ2n) is 9.08. The van der Waals surface area contributed by atoms with Gasteiger partial charge >= 0.3 is 0 Å². The van der Waals surface area contributed by atoms with E-state index in [-0.39, 0.29) is 23.1 Å². The van der Waals surface area contributed by atoms with Crippen molar-refractivity contribution in [3.8, 4) is 0 Å². The Balaban J connectivity index is 1.47. The lowest BCUT2D eigenvalue weighted by Gasteiger charge is -2.41. The highest BCUT2D eigenvalue weighted by Gasteiger charge is 2.66. The molecule has 0 radical (unpaired) electrons. The highest BCUT2D eigenvalue weighted by atomic mass is 79.9. The zero-order chi connectivity index (χ0) is 24.4. The van der Waals surface area contributed by atoms with E-state index in [1.54, 1.807) is 42.5 Å². The highest BCUT2D eigenvalue weighted by molar-refractivity contribution is 9.09. The van der Waals surface area contributed by atoms with Gasteiger partial charge in [0.15, 0.2) is 0 Å². The van der Waals surface area contributed by atoms with E-state index in [1.165, 1.54) is 9.21 Å². The Morgan fingerprint density at radius 2 is 1.54 bits per heavy atom. The summed E-state index contributed by atoms with van der Waals surface area (Å²) < 4.78 is 28.4. The lowest BCUT2D eigenvalue weighted by Crippen LogP contribution is -2.66. The zero-order valence-corrected chi connectivity index (χ0v) is 20.9. The van der Waals surface area contributed by atoms with E-state index < -0.39 is 32.6 Å². The van der Waals surface area contributed by atoms with Gasteiger partial charge < -0.3 is 10.2 Å². The Morgan fingerprint density at radius 1 is 0.914 bits per heavy atom. The standard InChI is InChI=1S/C26H22BrN3O4S/c27-26-16-22-23(31)28-20(15-17-9-3-1-4-10-17)24(32)29(22)25(26)30(21-14-8-7-13-19(21)26)35(33,34)18-11-5-2-6-12-18/h1-14,20,22,25H,15-16H2,(H,28,31)/t20?,22?,25?,26-/m0/s1. The molecule has 3 unspecified atom stereocenters. The quantitative estimate of drug-likeness (QED) is 0.504. The van der Waals surface area contributed by atoms with Crippen LogP contribution >= 0.6 is 15.9 Å². The van der Waals surface area contributed by atoms with Crippen molar-refractivity contribution in [3.63, 3.8) is 0 Å². The van der Waals surface area contributed by atoms with Gasteiger partial charge in [-0.1, -0.05) is 82.7 Å². The van der Waals surface area contributed by atoms with Gasteiger partial charge in [0.05, 0.1) is 14.9 Å². The number of hydrogen-bond acceptors (Lipinski definition) is 4. The van der Waals surface area contributed by atoms with Crippen molar-refractivity contribution in [3.05, 3.63) is 96.1 Å². The Bertz CT molecular complexity index is 1430. The molecule has 0 spiro atoms. The van der Waals surface area contributed by atoms with E-state index in [0.717, 1.165) is 11.1 Å². The number of sulfonamides is 1. The predicted octanol–water partition coefficient (Wildman–Crippen LogP) is 3.15. The Kier molecular flexibility index (Phi) is 5.05. The molecule has 4 atom stereocenters. The third-order valence-corrected chi connectivity index (χ3v) is 10.0. The smallest absolute Gasteiger partial charge is 0.266 e. The molecule has 1 N–H and O–H groups in total. The maximum Gasteiger partial charge on any atom is 0.266 e. The van der Waals surface area contributed by atoms with E-state index in [9.17, 15) is 18.0 Å². The van der Waals surface area contributed by atoms with Crippen LogP contribution in [0.25, 0.3) is 0 Å². The van der Waals surface area contributed by atoms with Crippen LogP contribution in [0.15, 0.2) is 89.8 Å². The second kappa shape index (κ2) is 7.93. The number of carbonyl (C=O) groups excluding carboxylic acids is 2. The fourth-order valence-electron chi connectivity index (χ4n) is 5.53. The van der Waals surface area contributed by atoms with E-state index in [0.29, 0.717) is 12.1 Å². The molecule has 3 aliphatic rings. The summed E-state index contributed by atoms with van der Waals surface area (Å²) in [7, 11) is -4.03. The number of carbonyl (C=O) groups is 2. The first-order chi connectivity index (χ1) is 16.8. The molecule has 0 bridgehead atoms. The third kappa shape index (κ3) is 3.25. The van der Waals surface area contributed by atoms with Gasteiger partial charge in [0.1, 0.15) is 18.2 Å². The average Bonchev–Trinajstić information content (AvgIpc) is 3.31. The minimum absolute atomic E-state index is 0.129. The van der Waals surface area contributed by atoms with Crippen LogP contribution < -0.4 is 9.62 Å². The zero-order valence-electron chi connectivity index (χ0n) is 18.5. The molecule has 6 rings (SSSR count). The molecule has 0 aliphatic carbocycles. The van der Waals surface area contributed by atoms with Gasteiger partial charge in [0.2, 0.25) is 11.8 Å². The molecule has 2 amide bonds. The second-order valence-corrected chi connectivity index (χ2v) is 12.3. The summed E-state index contributed by atoms with van der Waals surface area (Å²) in [6.45, 7) is 0. The molecule has 2 fully saturated rings. The molecule has 35 heavy (non-hydrogen) atoms. The van der Waals surface area contributed by atoms with E-state index in [1.807, 2.05) is 42.5 Å². The number of alkyl halides is 1. The molecule has 3 aliphatic heterocycles. The van der Waals surface area contributed by atoms with Gasteiger partial charge in [-0.05, 0) is 29.3 Å². The van der Waals surface area contributed by atoms with Crippen molar-refractivity contribution in [2.45, 2.75) is 40.3 Å². The fraction of sp³-hybridized carbons (Fsp3) is 0.231. The van der Waals surface area contributed by atoms with Gasteiger partial charge in [0, 0.05) is 12.8 Å². The number of hydrogen-bond donors (Lipinski definition) is 1. The van der Waals surface area contributed by atoms with Crippen molar-refractivity contribution in [1.29, 1.82) is 0 Å². The van der Waals surface area contributed by atoms with Gasteiger partial charge in [-0.2, -0.15) is 0 Å². The van der Waals surface area contributed by atoms with Crippen LogP contribution in [0, 0.1) is 0 Å². The van der Waals surface area contributed by atoms with Crippen molar-refractivity contribution in [1.82, 2.24) is 10.2 Å². The molecule has 178 valence electrons. The minimum Gasteiger partial charge on any atom is -0.342 e. The Hall–Kier alpha value is -3.17. The molecule has 0 saturated carbocycles. The number of rotatable bonds is 4. The van der Waals surface area contributed by atoms with Gasteiger partial charge in [-0.3, -0.25) is 9.59 Å². The van der Waals surface area contributed by atoms with Crippen molar-refractivity contribution < 1.29 is 18.0 Å². The molecular formula is C26H22BrN3O4S. The largest absolute Gasteiger partial charge is 0.342 e. The van der Waals surface area contributed by atoms with Crippen molar-refractivity contribution in [2.24, 2.45) is 0 Å². The summed E-state index contributed by atoms with van der Waals surface area (Å²) in [6.07, 6.45) is -0.313. The molecule has 9 heteroatoms. The third-order valence-electron chi connectivity index (χ3n) is 7.06. The topological polar surface area (TPSA) is 86.8 Å². The molecule has 3 heterocycles. The maximum absolute atomic E-state index is 14.0. The van der Waals surface area contributed by atoms with Crippen LogP contribution in [0.3, 0.4) is 0 Å². The predicted molar refractivity (Wildman–Crippen MR) is 134 cm³/mol. The van der Waals surface area contributed by atoms with E-state index in [4.69, 9.17) is 0 Å². The van der Waals surface area contributed by atoms with Gasteiger partial charge in [-0.25, -0.2) is 12.7 Å². The minimum atomic E-state index is -4.03. The number of para-hydroxylation sites is 1. The summed E-state index contributed by atoms with van der Waals surface area (Å²) in [5, 5.41) is 2.88. The van der Waals surface area contributed by atoms with Crippen LogP contribution in [0.2, 0.25) is 0 Å². The number of piperazine rings is 1. The normalized spacial score (nSPS) is 27.3. The lowest BCUT2D eigenvalue weighted by molar-refractivity contribution is -0.148. The average molecular weight is 552 g/mol. The Morgan fingerprint density at radius 3 is 2.26 bits per heavy atom. The molecule has 0 aromatic heterocycles. The summed E-state index contributed by atoms with van der Waals surface area (Å²) >= 11 is 3.83. The van der Waals surface area contributed by atoms with Gasteiger partial charge in [0.25, 0.3) is 10.0 Å². The summed E-state index contributed by atoms with van der Waals surface area (Å²) in [5.74, 6) is -0.556. The van der Waals surface area contributed by atoms with E-state index >= 15 is 0 Å². The first-order valence-corrected chi connectivity index (χ1v) is 13.6. The van der Waals surface area contributed by atoms with Crippen LogP contribution in [0.5, 0.6) is 0 Å². The first-order valence-electron chi connectivity index (χ1n) is 11.4. The number of nitrogens with zero attached hydrogens (tertiary/aromatic N) is 2. The lowest BCUT2D eigenvalue weighted by atomic mass is 9.95. The van der Waals surface area contributed by atoms with Crippen molar-refractivity contribution >= 4 is 43.5 Å². The van der Waals surface area contributed by atoms with Crippen molar-refractivity contribution in [2.75, 3.05) is 4.31 Å². The van der Waals surface area contributed by atoms with E-state index in [2.05, 4.69) is 21.2 Å². The van der Waals surface area contributed by atoms with Gasteiger partial charge in [-0.15, -0.1) is 0 Å². The molecule has 3 aromatic rings. The summed E-state index contributed by atoms with van der Waals surface area (Å²) in [5.41, 5.74) is 2.17. The number of nitrogens with one attached hydrogen (secondary N) is 1. The first kappa shape index (κ1) is 22.3. The number of benzene rings is 3. The van der Waals surface area contributed by atoms with Crippen LogP contribution in [-0.4, -0.2) is 43.4 Å². The highest BCUT2D eigenvalue weighted by Crippen LogP contribution is 2.59. The monoisotopic (exact) mass is 551 g/mol. The maximum atomic E-state index is 14.0. The number of amides is 2. The number of anilines is 1. The Labute approximate surface area is 211 Å². The fourth-order valence-corrected chi connectivity index (χ4v) is 8.42. The molecular weight excluding hydrogens is 530 g/mol. The SMILES string of the molecule is O=C1NC(Cc2ccccc2)C(=O)N2C1C[C@]1(Br)c3ccccc3N(S(=O)(=O)c3ccccc3)C21. The van der Waals surface area contributed by atoms with Crippen LogP contribution in [0.4, 0.5) is 5.69 Å². The number of halogens is 1.